The molecule has 2 N–H and O–H groups in total. The first-order valence-electron chi connectivity index (χ1n) is 8.98. The summed E-state index contributed by atoms with van der Waals surface area (Å²) in [5, 5.41) is 4.20. The second-order valence-corrected chi connectivity index (χ2v) is 6.14. The summed E-state index contributed by atoms with van der Waals surface area (Å²) in [5.41, 5.74) is 0.348. The number of benzene rings is 2. The van der Waals surface area contributed by atoms with Gasteiger partial charge in [0.15, 0.2) is 0 Å². The Kier molecular flexibility index (Phi) is 7.94. The number of halogens is 3. The van der Waals surface area contributed by atoms with E-state index in [0.29, 0.717) is 22.8 Å². The largest absolute Gasteiger partial charge is 0.496 e. The Morgan fingerprint density at radius 3 is 1.94 bits per heavy atom. The topological polar surface area (TPSA) is 95.1 Å². The van der Waals surface area contributed by atoms with Crippen molar-refractivity contribution in [2.24, 2.45) is 0 Å². The SMILES string of the molecule is COc1cc(OC)c(/C=C/C(=O)Nc2ccc(OC)c(NC(=O)C(F)(F)F)c2)c(OC)c1. The van der Waals surface area contributed by atoms with Crippen molar-refractivity contribution in [3.8, 4) is 23.0 Å². The summed E-state index contributed by atoms with van der Waals surface area (Å²) in [5.74, 6) is -1.49. The quantitative estimate of drug-likeness (QED) is 0.588. The van der Waals surface area contributed by atoms with Gasteiger partial charge in [-0.3, -0.25) is 9.59 Å². The van der Waals surface area contributed by atoms with Crippen LogP contribution in [0.3, 0.4) is 0 Å². The van der Waals surface area contributed by atoms with Gasteiger partial charge in [0.05, 0.1) is 39.7 Å². The zero-order valence-electron chi connectivity index (χ0n) is 17.6. The van der Waals surface area contributed by atoms with Gasteiger partial charge < -0.3 is 29.6 Å². The van der Waals surface area contributed by atoms with Gasteiger partial charge in [-0.2, -0.15) is 13.2 Å². The second-order valence-electron chi connectivity index (χ2n) is 6.14. The van der Waals surface area contributed by atoms with E-state index in [1.54, 1.807) is 17.4 Å². The number of rotatable bonds is 8. The summed E-state index contributed by atoms with van der Waals surface area (Å²) >= 11 is 0. The Balaban J connectivity index is 2.24. The van der Waals surface area contributed by atoms with E-state index in [2.05, 4.69) is 5.32 Å². The zero-order valence-corrected chi connectivity index (χ0v) is 17.6. The van der Waals surface area contributed by atoms with Crippen LogP contribution in [0.4, 0.5) is 24.5 Å². The highest BCUT2D eigenvalue weighted by atomic mass is 19.4. The average molecular weight is 454 g/mol. The van der Waals surface area contributed by atoms with Crippen LogP contribution in [0.2, 0.25) is 0 Å². The van der Waals surface area contributed by atoms with Gasteiger partial charge in [-0.1, -0.05) is 0 Å². The molecule has 0 saturated carbocycles. The molecule has 11 heteroatoms. The molecule has 0 fully saturated rings. The summed E-state index contributed by atoms with van der Waals surface area (Å²) in [6, 6.07) is 7.07. The van der Waals surface area contributed by atoms with E-state index in [0.717, 1.165) is 6.07 Å². The molecule has 2 aromatic carbocycles. The normalized spacial score (nSPS) is 11.1. The highest BCUT2D eigenvalue weighted by Crippen LogP contribution is 2.35. The van der Waals surface area contributed by atoms with Gasteiger partial charge >= 0.3 is 12.1 Å². The standard InChI is InChI=1S/C21H21F3N2O6/c1-29-13-10-17(31-3)14(18(11-13)32-4)6-8-19(27)25-12-5-7-16(30-2)15(9-12)26-20(28)21(22,23)24/h5-11H,1-4H3,(H,25,27)(H,26,28)/b8-6+. The molecule has 0 spiro atoms. The Morgan fingerprint density at radius 1 is 0.844 bits per heavy atom. The number of alkyl halides is 3. The summed E-state index contributed by atoms with van der Waals surface area (Å²) in [6.45, 7) is 0. The number of nitrogens with one attached hydrogen (secondary N) is 2. The van der Waals surface area contributed by atoms with Crippen LogP contribution in [0.5, 0.6) is 23.0 Å². The lowest BCUT2D eigenvalue weighted by molar-refractivity contribution is -0.167. The summed E-state index contributed by atoms with van der Waals surface area (Å²) in [4.78, 5) is 23.6. The van der Waals surface area contributed by atoms with Gasteiger partial charge in [0.1, 0.15) is 23.0 Å². The van der Waals surface area contributed by atoms with Gasteiger partial charge in [-0.05, 0) is 24.3 Å². The predicted molar refractivity (Wildman–Crippen MR) is 111 cm³/mol. The molecule has 0 unspecified atom stereocenters. The molecule has 0 bridgehead atoms. The molecule has 2 rings (SSSR count). The third-order valence-electron chi connectivity index (χ3n) is 4.13. The fourth-order valence-electron chi connectivity index (χ4n) is 2.62. The first kappa shape index (κ1) is 24.4. The van der Waals surface area contributed by atoms with Crippen LogP contribution < -0.4 is 29.6 Å². The summed E-state index contributed by atoms with van der Waals surface area (Å²) in [7, 11) is 5.60. The van der Waals surface area contributed by atoms with Crippen molar-refractivity contribution in [3.63, 3.8) is 0 Å². The third-order valence-corrected chi connectivity index (χ3v) is 4.13. The Labute approximate surface area is 181 Å². The van der Waals surface area contributed by atoms with E-state index >= 15 is 0 Å². The van der Waals surface area contributed by atoms with E-state index in [9.17, 15) is 22.8 Å². The van der Waals surface area contributed by atoms with Crippen LogP contribution in [0.1, 0.15) is 5.56 Å². The Hall–Kier alpha value is -3.89. The molecule has 8 nitrogen and oxygen atoms in total. The van der Waals surface area contributed by atoms with Gasteiger partial charge in [-0.25, -0.2) is 0 Å². The molecule has 0 aromatic heterocycles. The molecule has 0 aliphatic heterocycles. The van der Waals surface area contributed by atoms with Gasteiger partial charge in [0.25, 0.3) is 0 Å². The first-order chi connectivity index (χ1) is 15.1. The van der Waals surface area contributed by atoms with Crippen molar-refractivity contribution in [2.45, 2.75) is 6.18 Å². The third kappa shape index (κ3) is 6.06. The second kappa shape index (κ2) is 10.4. The van der Waals surface area contributed by atoms with E-state index in [1.807, 2.05) is 0 Å². The van der Waals surface area contributed by atoms with Crippen molar-refractivity contribution in [1.29, 1.82) is 0 Å². The number of methoxy groups -OCH3 is 4. The van der Waals surface area contributed by atoms with Crippen LogP contribution >= 0.6 is 0 Å². The first-order valence-corrected chi connectivity index (χ1v) is 8.98. The fourth-order valence-corrected chi connectivity index (χ4v) is 2.62. The smallest absolute Gasteiger partial charge is 0.471 e. The molecule has 0 heterocycles. The Bertz CT molecular complexity index is 996. The lowest BCUT2D eigenvalue weighted by atomic mass is 10.1. The molecule has 0 aliphatic rings. The lowest BCUT2D eigenvalue weighted by Gasteiger charge is -2.14. The maximum absolute atomic E-state index is 12.6. The highest BCUT2D eigenvalue weighted by molar-refractivity contribution is 6.03. The van der Waals surface area contributed by atoms with Crippen LogP contribution in [0.25, 0.3) is 6.08 Å². The predicted octanol–water partition coefficient (Wildman–Crippen LogP) is 3.87. The van der Waals surface area contributed by atoms with Crippen LogP contribution in [-0.2, 0) is 9.59 Å². The van der Waals surface area contributed by atoms with Crippen LogP contribution in [-0.4, -0.2) is 46.4 Å². The molecule has 2 amide bonds. The van der Waals surface area contributed by atoms with Crippen LogP contribution in [0, 0.1) is 0 Å². The number of hydrogen-bond acceptors (Lipinski definition) is 6. The maximum Gasteiger partial charge on any atom is 0.471 e. The number of carbonyl (C=O) groups is 2. The molecular formula is C21H21F3N2O6. The van der Waals surface area contributed by atoms with Crippen molar-refractivity contribution in [1.82, 2.24) is 0 Å². The molecule has 0 atom stereocenters. The molecule has 0 radical (unpaired) electrons. The van der Waals surface area contributed by atoms with Crippen molar-refractivity contribution < 1.29 is 41.7 Å². The lowest BCUT2D eigenvalue weighted by Crippen LogP contribution is -2.30. The Morgan fingerprint density at radius 2 is 1.44 bits per heavy atom. The number of ether oxygens (including phenoxy) is 4. The van der Waals surface area contributed by atoms with Crippen molar-refractivity contribution in [3.05, 3.63) is 42.0 Å². The molecular weight excluding hydrogens is 433 g/mol. The fraction of sp³-hybridized carbons (Fsp3) is 0.238. The van der Waals surface area contributed by atoms with Gasteiger partial charge in [-0.15, -0.1) is 0 Å². The van der Waals surface area contributed by atoms with E-state index < -0.39 is 18.0 Å². The minimum atomic E-state index is -5.08. The van der Waals surface area contributed by atoms with Crippen molar-refractivity contribution >= 4 is 29.3 Å². The van der Waals surface area contributed by atoms with Gasteiger partial charge in [0.2, 0.25) is 5.91 Å². The number of hydrogen-bond donors (Lipinski definition) is 2. The summed E-state index contributed by atoms with van der Waals surface area (Å²) in [6.07, 6.45) is -2.45. The number of carbonyl (C=O) groups excluding carboxylic acids is 2. The minimum Gasteiger partial charge on any atom is -0.496 e. The highest BCUT2D eigenvalue weighted by Gasteiger charge is 2.39. The minimum absolute atomic E-state index is 0.0103. The monoisotopic (exact) mass is 454 g/mol. The molecule has 0 saturated heterocycles. The maximum atomic E-state index is 12.6. The van der Waals surface area contributed by atoms with Crippen molar-refractivity contribution in [2.75, 3.05) is 39.1 Å². The van der Waals surface area contributed by atoms with E-state index in [1.165, 1.54) is 52.7 Å². The average Bonchev–Trinajstić information content (AvgIpc) is 2.76. The summed E-state index contributed by atoms with van der Waals surface area (Å²) < 4.78 is 58.4. The molecule has 172 valence electrons. The number of anilines is 2. The number of amides is 2. The molecule has 0 aliphatic carbocycles. The van der Waals surface area contributed by atoms with E-state index in [4.69, 9.17) is 18.9 Å². The van der Waals surface area contributed by atoms with E-state index in [-0.39, 0.29) is 17.1 Å². The molecule has 2 aromatic rings. The molecule has 32 heavy (non-hydrogen) atoms. The zero-order chi connectivity index (χ0) is 23.9. The van der Waals surface area contributed by atoms with Crippen LogP contribution in [0.15, 0.2) is 36.4 Å². The van der Waals surface area contributed by atoms with Gasteiger partial charge in [0, 0.05) is 23.9 Å².